The van der Waals surface area contributed by atoms with Crippen LogP contribution in [0.2, 0.25) is 0 Å². The van der Waals surface area contributed by atoms with Crippen LogP contribution in [0.15, 0.2) is 42.5 Å². The van der Waals surface area contributed by atoms with E-state index in [1.54, 1.807) is 17.0 Å². The summed E-state index contributed by atoms with van der Waals surface area (Å²) in [7, 11) is 0. The number of hydrogen-bond donors (Lipinski definition) is 2. The summed E-state index contributed by atoms with van der Waals surface area (Å²) in [5, 5.41) is 5.54. The highest BCUT2D eigenvalue weighted by Gasteiger charge is 2.33. The maximum absolute atomic E-state index is 12.7. The number of rotatable bonds is 5. The molecule has 1 aliphatic rings. The van der Waals surface area contributed by atoms with Crippen molar-refractivity contribution in [3.8, 4) is 5.75 Å². The van der Waals surface area contributed by atoms with Gasteiger partial charge in [0.1, 0.15) is 11.8 Å². The van der Waals surface area contributed by atoms with Gasteiger partial charge in [-0.3, -0.25) is 4.79 Å². The first-order chi connectivity index (χ1) is 13.0. The third-order valence-corrected chi connectivity index (χ3v) is 4.75. The molecular formula is C21H25N3O3. The molecule has 0 spiro atoms. The number of nitrogens with one attached hydrogen (secondary N) is 2. The topological polar surface area (TPSA) is 70.7 Å². The fourth-order valence-corrected chi connectivity index (χ4v) is 3.13. The molecule has 1 unspecified atom stereocenters. The SMILES string of the molecule is CCOc1ccccc1NC(=O)NC1CCN(c2ccc(C)c(C)c2)C1=O. The lowest BCUT2D eigenvalue weighted by Crippen LogP contribution is -2.43. The standard InChI is InChI=1S/C21H25N3O3/c1-4-27-19-8-6-5-7-17(19)22-21(26)23-18-11-12-24(20(18)25)16-10-9-14(2)15(3)13-16/h5-10,13,18H,4,11-12H2,1-3H3,(H2,22,23,26). The Morgan fingerprint density at radius 1 is 1.19 bits per heavy atom. The lowest BCUT2D eigenvalue weighted by atomic mass is 10.1. The van der Waals surface area contributed by atoms with E-state index in [1.807, 2.05) is 51.1 Å². The van der Waals surface area contributed by atoms with Gasteiger partial charge in [-0.15, -0.1) is 0 Å². The Bertz CT molecular complexity index is 850. The van der Waals surface area contributed by atoms with Crippen molar-refractivity contribution in [1.82, 2.24) is 5.32 Å². The van der Waals surface area contributed by atoms with E-state index in [2.05, 4.69) is 10.6 Å². The summed E-state index contributed by atoms with van der Waals surface area (Å²) >= 11 is 0. The minimum atomic E-state index is -0.536. The number of carbonyl (C=O) groups is 2. The Morgan fingerprint density at radius 2 is 1.96 bits per heavy atom. The van der Waals surface area contributed by atoms with Crippen LogP contribution < -0.4 is 20.3 Å². The van der Waals surface area contributed by atoms with Gasteiger partial charge in [0.05, 0.1) is 12.3 Å². The van der Waals surface area contributed by atoms with Gasteiger partial charge in [-0.25, -0.2) is 4.79 Å². The zero-order valence-electron chi connectivity index (χ0n) is 15.9. The van der Waals surface area contributed by atoms with Gasteiger partial charge in [0.25, 0.3) is 0 Å². The van der Waals surface area contributed by atoms with Gasteiger partial charge in [0.2, 0.25) is 5.91 Å². The molecule has 0 radical (unpaired) electrons. The zero-order valence-corrected chi connectivity index (χ0v) is 15.9. The Kier molecular flexibility index (Phi) is 5.64. The number of aryl methyl sites for hydroxylation is 2. The average molecular weight is 367 g/mol. The normalized spacial score (nSPS) is 16.3. The van der Waals surface area contributed by atoms with E-state index in [0.717, 1.165) is 11.3 Å². The zero-order chi connectivity index (χ0) is 19.4. The molecular weight excluding hydrogens is 342 g/mol. The highest BCUT2D eigenvalue weighted by atomic mass is 16.5. The number of amides is 3. The van der Waals surface area contributed by atoms with E-state index >= 15 is 0 Å². The van der Waals surface area contributed by atoms with E-state index in [9.17, 15) is 9.59 Å². The molecule has 27 heavy (non-hydrogen) atoms. The highest BCUT2D eigenvalue weighted by molar-refractivity contribution is 6.02. The van der Waals surface area contributed by atoms with Crippen molar-refractivity contribution in [2.24, 2.45) is 0 Å². The monoisotopic (exact) mass is 367 g/mol. The van der Waals surface area contributed by atoms with Crippen molar-refractivity contribution in [2.45, 2.75) is 33.2 Å². The van der Waals surface area contributed by atoms with Crippen LogP contribution in [0, 0.1) is 13.8 Å². The molecule has 0 aromatic heterocycles. The van der Waals surface area contributed by atoms with Crippen molar-refractivity contribution < 1.29 is 14.3 Å². The molecule has 0 bridgehead atoms. The summed E-state index contributed by atoms with van der Waals surface area (Å²) in [6.07, 6.45) is 0.576. The molecule has 3 amide bonds. The second-order valence-electron chi connectivity index (χ2n) is 6.63. The van der Waals surface area contributed by atoms with E-state index in [0.29, 0.717) is 31.0 Å². The first-order valence-electron chi connectivity index (χ1n) is 9.17. The number of urea groups is 1. The van der Waals surface area contributed by atoms with Crippen molar-refractivity contribution >= 4 is 23.3 Å². The molecule has 1 atom stereocenters. The van der Waals surface area contributed by atoms with Crippen LogP contribution >= 0.6 is 0 Å². The molecule has 2 aromatic rings. The fourth-order valence-electron chi connectivity index (χ4n) is 3.13. The number of nitrogens with zero attached hydrogens (tertiary/aromatic N) is 1. The lowest BCUT2D eigenvalue weighted by molar-refractivity contribution is -0.118. The minimum Gasteiger partial charge on any atom is -0.492 e. The van der Waals surface area contributed by atoms with Crippen LogP contribution in [0.5, 0.6) is 5.75 Å². The van der Waals surface area contributed by atoms with Gasteiger partial charge < -0.3 is 20.3 Å². The van der Waals surface area contributed by atoms with Crippen LogP contribution in [0.3, 0.4) is 0 Å². The first kappa shape index (κ1) is 18.8. The number of hydrogen-bond acceptors (Lipinski definition) is 3. The summed E-state index contributed by atoms with van der Waals surface area (Å²) in [6.45, 7) is 7.04. The molecule has 1 saturated heterocycles. The van der Waals surface area contributed by atoms with E-state index < -0.39 is 12.1 Å². The number of ether oxygens (including phenoxy) is 1. The molecule has 2 N–H and O–H groups in total. The van der Waals surface area contributed by atoms with E-state index in [1.165, 1.54) is 5.56 Å². The number of anilines is 2. The second-order valence-corrected chi connectivity index (χ2v) is 6.63. The molecule has 142 valence electrons. The third kappa shape index (κ3) is 4.22. The lowest BCUT2D eigenvalue weighted by Gasteiger charge is -2.19. The van der Waals surface area contributed by atoms with Crippen molar-refractivity contribution in [1.29, 1.82) is 0 Å². The molecule has 1 heterocycles. The fraction of sp³-hybridized carbons (Fsp3) is 0.333. The van der Waals surface area contributed by atoms with Gasteiger partial charge in [0.15, 0.2) is 0 Å². The summed E-state index contributed by atoms with van der Waals surface area (Å²) in [4.78, 5) is 26.8. The molecule has 1 fully saturated rings. The Morgan fingerprint density at radius 3 is 2.70 bits per heavy atom. The summed E-state index contributed by atoms with van der Waals surface area (Å²) < 4.78 is 5.51. The van der Waals surface area contributed by atoms with E-state index in [-0.39, 0.29) is 5.91 Å². The Labute approximate surface area is 159 Å². The molecule has 6 heteroatoms. The van der Waals surface area contributed by atoms with Gasteiger partial charge >= 0.3 is 6.03 Å². The van der Waals surface area contributed by atoms with E-state index in [4.69, 9.17) is 4.74 Å². The summed E-state index contributed by atoms with van der Waals surface area (Å²) in [5.74, 6) is 0.510. The van der Waals surface area contributed by atoms with Gasteiger partial charge in [-0.1, -0.05) is 18.2 Å². The number of carbonyl (C=O) groups excluding carboxylic acids is 2. The molecule has 3 rings (SSSR count). The van der Waals surface area contributed by atoms with Gasteiger partial charge in [-0.05, 0) is 62.6 Å². The molecule has 6 nitrogen and oxygen atoms in total. The average Bonchev–Trinajstić information content (AvgIpc) is 3.00. The van der Waals surface area contributed by atoms with Crippen LogP contribution in [-0.4, -0.2) is 31.1 Å². The van der Waals surface area contributed by atoms with Crippen LogP contribution in [0.1, 0.15) is 24.5 Å². The first-order valence-corrected chi connectivity index (χ1v) is 9.17. The maximum atomic E-state index is 12.7. The largest absolute Gasteiger partial charge is 0.492 e. The van der Waals surface area contributed by atoms with Crippen molar-refractivity contribution in [3.05, 3.63) is 53.6 Å². The Hall–Kier alpha value is -3.02. The predicted molar refractivity (Wildman–Crippen MR) is 106 cm³/mol. The number of benzene rings is 2. The molecule has 0 saturated carbocycles. The predicted octanol–water partition coefficient (Wildman–Crippen LogP) is 3.63. The van der Waals surface area contributed by atoms with Gasteiger partial charge in [-0.2, -0.15) is 0 Å². The minimum absolute atomic E-state index is 0.0912. The van der Waals surface area contributed by atoms with Gasteiger partial charge in [0, 0.05) is 12.2 Å². The quantitative estimate of drug-likeness (QED) is 0.848. The highest BCUT2D eigenvalue weighted by Crippen LogP contribution is 2.25. The molecule has 1 aliphatic heterocycles. The van der Waals surface area contributed by atoms with Crippen molar-refractivity contribution in [2.75, 3.05) is 23.4 Å². The van der Waals surface area contributed by atoms with Crippen LogP contribution in [0.4, 0.5) is 16.2 Å². The second kappa shape index (κ2) is 8.12. The Balaban J connectivity index is 1.64. The summed E-state index contributed by atoms with van der Waals surface area (Å²) in [5.41, 5.74) is 3.78. The molecule has 2 aromatic carbocycles. The van der Waals surface area contributed by atoms with Crippen LogP contribution in [-0.2, 0) is 4.79 Å². The molecule has 0 aliphatic carbocycles. The smallest absolute Gasteiger partial charge is 0.319 e. The number of para-hydroxylation sites is 2. The maximum Gasteiger partial charge on any atom is 0.319 e. The third-order valence-electron chi connectivity index (χ3n) is 4.75. The van der Waals surface area contributed by atoms with Crippen LogP contribution in [0.25, 0.3) is 0 Å². The van der Waals surface area contributed by atoms with Crippen molar-refractivity contribution in [3.63, 3.8) is 0 Å². The summed E-state index contributed by atoms with van der Waals surface area (Å²) in [6, 6.07) is 12.2.